The zero-order valence-corrected chi connectivity index (χ0v) is 16.4. The first-order valence-corrected chi connectivity index (χ1v) is 9.67. The van der Waals surface area contributed by atoms with Gasteiger partial charge in [0.15, 0.2) is 6.10 Å². The molecule has 0 radical (unpaired) electrons. The Morgan fingerprint density at radius 1 is 1.21 bits per heavy atom. The maximum absolute atomic E-state index is 13.3. The summed E-state index contributed by atoms with van der Waals surface area (Å²) in [6.45, 7) is 4.76. The van der Waals surface area contributed by atoms with E-state index in [0.29, 0.717) is 18.0 Å². The summed E-state index contributed by atoms with van der Waals surface area (Å²) in [5, 5.41) is 6.22. The topological polar surface area (TPSA) is 70.7 Å². The van der Waals surface area contributed by atoms with E-state index in [1.807, 2.05) is 54.6 Å². The monoisotopic (exact) mass is 381 g/mol. The number of ether oxygens (including phenoxy) is 1. The number of carbonyl (C=O) groups is 2. The van der Waals surface area contributed by atoms with Crippen molar-refractivity contribution >= 4 is 23.2 Å². The fourth-order valence-corrected chi connectivity index (χ4v) is 3.38. The van der Waals surface area contributed by atoms with Gasteiger partial charge in [0.05, 0.1) is 0 Å². The SMILES string of the molecule is CC(=O)Nc1cccc(N(C[C@H]2CCCN2)C(=O)C(C)Oc2ccccc2)c1. The first kappa shape index (κ1) is 19.9. The highest BCUT2D eigenvalue weighted by Crippen LogP contribution is 2.23. The minimum atomic E-state index is -0.631. The Hall–Kier alpha value is -2.86. The summed E-state index contributed by atoms with van der Waals surface area (Å²) in [5.74, 6) is 0.403. The number of hydrogen-bond acceptors (Lipinski definition) is 4. The van der Waals surface area contributed by atoms with Crippen molar-refractivity contribution in [3.63, 3.8) is 0 Å². The molecule has 0 saturated carbocycles. The number of amides is 2. The molecule has 0 bridgehead atoms. The molecule has 28 heavy (non-hydrogen) atoms. The normalized spacial score (nSPS) is 17.0. The predicted molar refractivity (Wildman–Crippen MR) is 111 cm³/mol. The zero-order chi connectivity index (χ0) is 19.9. The van der Waals surface area contributed by atoms with Gasteiger partial charge in [0.1, 0.15) is 5.75 Å². The quantitative estimate of drug-likeness (QED) is 0.773. The van der Waals surface area contributed by atoms with E-state index in [-0.39, 0.29) is 17.9 Å². The third-order valence-corrected chi connectivity index (χ3v) is 4.71. The third-order valence-electron chi connectivity index (χ3n) is 4.71. The van der Waals surface area contributed by atoms with Gasteiger partial charge in [0, 0.05) is 30.9 Å². The number of nitrogens with zero attached hydrogens (tertiary/aromatic N) is 1. The van der Waals surface area contributed by atoms with Gasteiger partial charge >= 0.3 is 0 Å². The molecule has 148 valence electrons. The first-order valence-electron chi connectivity index (χ1n) is 9.67. The van der Waals surface area contributed by atoms with Crippen LogP contribution in [-0.2, 0) is 9.59 Å². The molecule has 1 aliphatic rings. The Morgan fingerprint density at radius 2 is 2.00 bits per heavy atom. The molecule has 3 rings (SSSR count). The lowest BCUT2D eigenvalue weighted by atomic mass is 10.1. The molecule has 1 unspecified atom stereocenters. The maximum Gasteiger partial charge on any atom is 0.267 e. The summed E-state index contributed by atoms with van der Waals surface area (Å²) < 4.78 is 5.86. The second-order valence-corrected chi connectivity index (χ2v) is 7.05. The van der Waals surface area contributed by atoms with E-state index < -0.39 is 6.10 Å². The average molecular weight is 381 g/mol. The van der Waals surface area contributed by atoms with Crippen LogP contribution in [0.3, 0.4) is 0 Å². The molecule has 0 aromatic heterocycles. The van der Waals surface area contributed by atoms with E-state index >= 15 is 0 Å². The van der Waals surface area contributed by atoms with E-state index in [1.165, 1.54) is 6.92 Å². The van der Waals surface area contributed by atoms with Gasteiger partial charge in [-0.3, -0.25) is 9.59 Å². The largest absolute Gasteiger partial charge is 0.481 e. The summed E-state index contributed by atoms with van der Waals surface area (Å²) in [4.78, 5) is 26.4. The minimum Gasteiger partial charge on any atom is -0.481 e. The molecular formula is C22H27N3O3. The van der Waals surface area contributed by atoms with Crippen molar-refractivity contribution in [2.75, 3.05) is 23.3 Å². The summed E-state index contributed by atoms with van der Waals surface area (Å²) in [7, 11) is 0. The van der Waals surface area contributed by atoms with Crippen molar-refractivity contribution in [3.05, 3.63) is 54.6 Å². The Balaban J connectivity index is 1.81. The molecule has 6 heteroatoms. The molecule has 2 N–H and O–H groups in total. The van der Waals surface area contributed by atoms with Crippen LogP contribution in [0.2, 0.25) is 0 Å². The van der Waals surface area contributed by atoms with E-state index in [9.17, 15) is 9.59 Å². The Labute approximate surface area is 165 Å². The predicted octanol–water partition coefficient (Wildman–Crippen LogP) is 3.20. The molecule has 0 spiro atoms. The molecule has 1 fully saturated rings. The molecule has 1 saturated heterocycles. The zero-order valence-electron chi connectivity index (χ0n) is 16.4. The number of carbonyl (C=O) groups excluding carboxylic acids is 2. The number of nitrogens with one attached hydrogen (secondary N) is 2. The van der Waals surface area contributed by atoms with E-state index in [2.05, 4.69) is 10.6 Å². The van der Waals surface area contributed by atoms with Crippen LogP contribution in [-0.4, -0.2) is 37.0 Å². The molecule has 6 nitrogen and oxygen atoms in total. The van der Waals surface area contributed by atoms with Crippen molar-refractivity contribution in [2.45, 2.75) is 38.8 Å². The van der Waals surface area contributed by atoms with Crippen molar-refractivity contribution in [1.29, 1.82) is 0 Å². The van der Waals surface area contributed by atoms with Gasteiger partial charge in [-0.15, -0.1) is 0 Å². The molecular weight excluding hydrogens is 354 g/mol. The number of hydrogen-bond donors (Lipinski definition) is 2. The Morgan fingerprint density at radius 3 is 2.68 bits per heavy atom. The summed E-state index contributed by atoms with van der Waals surface area (Å²) in [5.41, 5.74) is 1.41. The minimum absolute atomic E-state index is 0.113. The highest BCUT2D eigenvalue weighted by atomic mass is 16.5. The second kappa shape index (κ2) is 9.37. The number of para-hydroxylation sites is 1. The van der Waals surface area contributed by atoms with Crippen molar-refractivity contribution < 1.29 is 14.3 Å². The van der Waals surface area contributed by atoms with Gasteiger partial charge in [0.2, 0.25) is 5.91 Å². The molecule has 2 atom stereocenters. The molecule has 1 heterocycles. The summed E-state index contributed by atoms with van der Waals surface area (Å²) in [6, 6.07) is 16.9. The van der Waals surface area contributed by atoms with Gasteiger partial charge in [-0.05, 0) is 56.6 Å². The lowest BCUT2D eigenvalue weighted by Gasteiger charge is -2.29. The molecule has 2 amide bonds. The van der Waals surface area contributed by atoms with Crippen LogP contribution in [0.1, 0.15) is 26.7 Å². The van der Waals surface area contributed by atoms with Crippen LogP contribution >= 0.6 is 0 Å². The van der Waals surface area contributed by atoms with Crippen molar-refractivity contribution in [3.8, 4) is 5.75 Å². The van der Waals surface area contributed by atoms with Crippen LogP contribution in [0, 0.1) is 0 Å². The van der Waals surface area contributed by atoms with Crippen LogP contribution in [0.25, 0.3) is 0 Å². The van der Waals surface area contributed by atoms with Gasteiger partial charge < -0.3 is 20.3 Å². The van der Waals surface area contributed by atoms with E-state index in [0.717, 1.165) is 25.1 Å². The molecule has 2 aromatic rings. The van der Waals surface area contributed by atoms with Crippen LogP contribution < -0.4 is 20.3 Å². The van der Waals surface area contributed by atoms with Gasteiger partial charge in [-0.2, -0.15) is 0 Å². The van der Waals surface area contributed by atoms with E-state index in [1.54, 1.807) is 11.8 Å². The highest BCUT2D eigenvalue weighted by Gasteiger charge is 2.27. The fraction of sp³-hybridized carbons (Fsp3) is 0.364. The molecule has 1 aliphatic heterocycles. The first-order chi connectivity index (χ1) is 13.5. The van der Waals surface area contributed by atoms with Gasteiger partial charge in [-0.25, -0.2) is 0 Å². The lowest BCUT2D eigenvalue weighted by Crippen LogP contribution is -2.46. The number of benzene rings is 2. The summed E-state index contributed by atoms with van der Waals surface area (Å²) >= 11 is 0. The average Bonchev–Trinajstić information content (AvgIpc) is 3.19. The Kier molecular flexibility index (Phi) is 6.66. The van der Waals surface area contributed by atoms with Crippen molar-refractivity contribution in [2.24, 2.45) is 0 Å². The van der Waals surface area contributed by atoms with Crippen LogP contribution in [0.15, 0.2) is 54.6 Å². The summed E-state index contributed by atoms with van der Waals surface area (Å²) in [6.07, 6.45) is 1.51. The smallest absolute Gasteiger partial charge is 0.267 e. The van der Waals surface area contributed by atoms with Crippen LogP contribution in [0.5, 0.6) is 5.75 Å². The number of anilines is 2. The second-order valence-electron chi connectivity index (χ2n) is 7.05. The lowest BCUT2D eigenvalue weighted by molar-refractivity contribution is -0.124. The van der Waals surface area contributed by atoms with Gasteiger partial charge in [-0.1, -0.05) is 24.3 Å². The highest BCUT2D eigenvalue weighted by molar-refractivity contribution is 5.97. The standard InChI is InChI=1S/C22H27N3O3/c1-16(28-21-11-4-3-5-12-21)22(27)25(15-19-9-7-13-23-19)20-10-6-8-18(14-20)24-17(2)26/h3-6,8,10-12,14,16,19,23H,7,9,13,15H2,1-2H3,(H,24,26)/t16?,19-/m1/s1. The fourth-order valence-electron chi connectivity index (χ4n) is 3.38. The maximum atomic E-state index is 13.3. The van der Waals surface area contributed by atoms with Crippen molar-refractivity contribution in [1.82, 2.24) is 5.32 Å². The molecule has 2 aromatic carbocycles. The Bertz CT molecular complexity index is 804. The van der Waals surface area contributed by atoms with Crippen LogP contribution in [0.4, 0.5) is 11.4 Å². The van der Waals surface area contributed by atoms with Gasteiger partial charge in [0.25, 0.3) is 5.91 Å². The molecule has 0 aliphatic carbocycles. The number of rotatable bonds is 7. The third kappa shape index (κ3) is 5.33. The van der Waals surface area contributed by atoms with E-state index in [4.69, 9.17) is 4.74 Å².